The monoisotopic (exact) mass is 268 g/mol. The van der Waals surface area contributed by atoms with Gasteiger partial charge in [0.1, 0.15) is 5.82 Å². The second-order valence-corrected chi connectivity index (χ2v) is 6.24. The maximum Gasteiger partial charge on any atom is 0.191 e. The van der Waals surface area contributed by atoms with Crippen LogP contribution in [0.4, 0.5) is 0 Å². The molecule has 1 aromatic rings. The quantitative estimate of drug-likeness (QED) is 0.636. The molecule has 1 unspecified atom stereocenters. The zero-order valence-electron chi connectivity index (χ0n) is 11.3. The van der Waals surface area contributed by atoms with Gasteiger partial charge in [-0.2, -0.15) is 0 Å². The topological polar surface area (TPSA) is 56.7 Å². The van der Waals surface area contributed by atoms with Crippen LogP contribution >= 0.6 is 11.8 Å². The van der Waals surface area contributed by atoms with Gasteiger partial charge >= 0.3 is 0 Å². The van der Waals surface area contributed by atoms with Crippen molar-refractivity contribution in [3.8, 4) is 0 Å². The number of nitrogens with two attached hydrogens (primary N) is 1. The summed E-state index contributed by atoms with van der Waals surface area (Å²) in [6.45, 7) is 3.18. The molecule has 18 heavy (non-hydrogen) atoms. The number of fused-ring (bicyclic) bond motifs is 1. The molecular weight excluding hydrogens is 244 g/mol. The van der Waals surface area contributed by atoms with Crippen LogP contribution in [0.1, 0.15) is 51.3 Å². The van der Waals surface area contributed by atoms with E-state index in [1.165, 1.54) is 37.9 Å². The smallest absolute Gasteiger partial charge is 0.191 e. The Labute approximate surface area is 114 Å². The fourth-order valence-electron chi connectivity index (χ4n) is 2.30. The normalized spacial score (nSPS) is 17.2. The molecular formula is C13H24N4S. The zero-order valence-corrected chi connectivity index (χ0v) is 12.1. The summed E-state index contributed by atoms with van der Waals surface area (Å²) in [5, 5.41) is 9.76. The van der Waals surface area contributed by atoms with Gasteiger partial charge in [-0.3, -0.25) is 0 Å². The fourth-order valence-corrected chi connectivity index (χ4v) is 3.28. The van der Waals surface area contributed by atoms with Gasteiger partial charge in [-0.05, 0) is 32.6 Å². The van der Waals surface area contributed by atoms with E-state index in [0.29, 0.717) is 6.04 Å². The van der Waals surface area contributed by atoms with E-state index in [1.54, 1.807) is 0 Å². The van der Waals surface area contributed by atoms with E-state index in [4.69, 9.17) is 5.73 Å². The molecule has 0 aliphatic carbocycles. The summed E-state index contributed by atoms with van der Waals surface area (Å²) in [6, 6.07) is 0.333. The molecule has 0 bridgehead atoms. The van der Waals surface area contributed by atoms with Crippen molar-refractivity contribution in [2.45, 2.75) is 69.6 Å². The minimum absolute atomic E-state index is 0.333. The van der Waals surface area contributed by atoms with Gasteiger partial charge in [0.15, 0.2) is 5.16 Å². The third-order valence-corrected chi connectivity index (χ3v) is 4.41. The number of thioether (sulfide) groups is 1. The molecule has 2 rings (SSSR count). The van der Waals surface area contributed by atoms with Crippen molar-refractivity contribution in [3.05, 3.63) is 5.82 Å². The predicted molar refractivity (Wildman–Crippen MR) is 75.8 cm³/mol. The zero-order chi connectivity index (χ0) is 12.8. The summed E-state index contributed by atoms with van der Waals surface area (Å²) in [4.78, 5) is 0. The molecule has 2 N–H and O–H groups in total. The number of aromatic nitrogens is 3. The number of nitrogens with zero attached hydrogens (tertiary/aromatic N) is 3. The maximum absolute atomic E-state index is 5.74. The second kappa shape index (κ2) is 7.14. The Balaban J connectivity index is 1.77. The van der Waals surface area contributed by atoms with Crippen molar-refractivity contribution in [3.63, 3.8) is 0 Å². The summed E-state index contributed by atoms with van der Waals surface area (Å²) in [5.41, 5.74) is 5.74. The molecule has 5 heteroatoms. The first-order valence-corrected chi connectivity index (χ1v) is 8.06. The molecule has 0 radical (unpaired) electrons. The molecule has 1 atom stereocenters. The molecule has 0 fully saturated rings. The molecule has 2 heterocycles. The van der Waals surface area contributed by atoms with Crippen molar-refractivity contribution in [2.24, 2.45) is 5.73 Å². The first-order valence-electron chi connectivity index (χ1n) is 7.08. The third kappa shape index (κ3) is 3.99. The fraction of sp³-hybridized carbons (Fsp3) is 0.846. The summed E-state index contributed by atoms with van der Waals surface area (Å²) < 4.78 is 2.32. The minimum atomic E-state index is 0.333. The Kier molecular flexibility index (Phi) is 5.50. The van der Waals surface area contributed by atoms with Gasteiger partial charge in [0.05, 0.1) is 0 Å². The van der Waals surface area contributed by atoms with Gasteiger partial charge in [-0.25, -0.2) is 0 Å². The molecule has 0 aromatic carbocycles. The van der Waals surface area contributed by atoms with Crippen molar-refractivity contribution in [1.82, 2.24) is 14.8 Å². The lowest BCUT2D eigenvalue weighted by molar-refractivity contribution is 0.589. The van der Waals surface area contributed by atoms with Gasteiger partial charge in [0, 0.05) is 24.8 Å². The molecule has 1 aliphatic heterocycles. The lowest BCUT2D eigenvalue weighted by Crippen LogP contribution is -2.14. The number of hydrogen-bond donors (Lipinski definition) is 1. The highest BCUT2D eigenvalue weighted by Gasteiger charge is 2.14. The first kappa shape index (κ1) is 13.9. The van der Waals surface area contributed by atoms with E-state index in [1.807, 2.05) is 11.8 Å². The van der Waals surface area contributed by atoms with Crippen LogP contribution in [-0.2, 0) is 13.0 Å². The average molecular weight is 268 g/mol. The second-order valence-electron chi connectivity index (χ2n) is 5.18. The molecule has 1 aromatic heterocycles. The summed E-state index contributed by atoms with van der Waals surface area (Å²) >= 11 is 1.85. The van der Waals surface area contributed by atoms with Crippen molar-refractivity contribution >= 4 is 11.8 Å². The summed E-state index contributed by atoms with van der Waals surface area (Å²) in [5.74, 6) is 2.32. The SMILES string of the molecule is CC(N)CCCCSc1nnc2n1CCCCC2. The Morgan fingerprint density at radius 2 is 2.17 bits per heavy atom. The van der Waals surface area contributed by atoms with E-state index in [2.05, 4.69) is 21.7 Å². The van der Waals surface area contributed by atoms with Crippen LogP contribution in [0.2, 0.25) is 0 Å². The third-order valence-electron chi connectivity index (χ3n) is 3.36. The number of aryl methyl sites for hydroxylation is 1. The van der Waals surface area contributed by atoms with E-state index in [9.17, 15) is 0 Å². The van der Waals surface area contributed by atoms with E-state index in [-0.39, 0.29) is 0 Å². The highest BCUT2D eigenvalue weighted by molar-refractivity contribution is 7.99. The summed E-state index contributed by atoms with van der Waals surface area (Å²) in [7, 11) is 0. The van der Waals surface area contributed by atoms with Crippen LogP contribution in [0.15, 0.2) is 5.16 Å². The van der Waals surface area contributed by atoms with Crippen molar-refractivity contribution in [2.75, 3.05) is 5.75 Å². The number of hydrogen-bond acceptors (Lipinski definition) is 4. The molecule has 0 spiro atoms. The Hall–Kier alpha value is -0.550. The maximum atomic E-state index is 5.74. The molecule has 1 aliphatic rings. The van der Waals surface area contributed by atoms with Crippen LogP contribution in [-0.4, -0.2) is 26.6 Å². The molecule has 0 saturated carbocycles. The largest absolute Gasteiger partial charge is 0.328 e. The Bertz CT molecular complexity index is 362. The molecule has 102 valence electrons. The lowest BCUT2D eigenvalue weighted by Gasteiger charge is -2.07. The minimum Gasteiger partial charge on any atom is -0.328 e. The van der Waals surface area contributed by atoms with E-state index >= 15 is 0 Å². The molecule has 0 amide bonds. The number of rotatable bonds is 6. The highest BCUT2D eigenvalue weighted by Crippen LogP contribution is 2.22. The predicted octanol–water partition coefficient (Wildman–Crippen LogP) is 2.61. The van der Waals surface area contributed by atoms with E-state index in [0.717, 1.165) is 30.3 Å². The van der Waals surface area contributed by atoms with Crippen LogP contribution in [0, 0.1) is 0 Å². The Morgan fingerprint density at radius 1 is 1.28 bits per heavy atom. The first-order chi connectivity index (χ1) is 8.77. The van der Waals surface area contributed by atoms with Crippen LogP contribution in [0.3, 0.4) is 0 Å². The van der Waals surface area contributed by atoms with Crippen LogP contribution < -0.4 is 5.73 Å². The molecule has 0 saturated heterocycles. The summed E-state index contributed by atoms with van der Waals surface area (Å²) in [6.07, 6.45) is 8.50. The van der Waals surface area contributed by atoms with Gasteiger partial charge in [-0.1, -0.05) is 24.6 Å². The van der Waals surface area contributed by atoms with Crippen LogP contribution in [0.25, 0.3) is 0 Å². The molecule has 4 nitrogen and oxygen atoms in total. The average Bonchev–Trinajstić information content (AvgIpc) is 2.58. The highest BCUT2D eigenvalue weighted by atomic mass is 32.2. The van der Waals surface area contributed by atoms with Crippen molar-refractivity contribution < 1.29 is 0 Å². The lowest BCUT2D eigenvalue weighted by atomic mass is 10.2. The Morgan fingerprint density at radius 3 is 3.00 bits per heavy atom. The standard InChI is InChI=1S/C13H24N4S/c1-11(14)7-4-6-10-18-13-16-15-12-8-3-2-5-9-17(12)13/h11H,2-10,14H2,1H3. The van der Waals surface area contributed by atoms with Gasteiger partial charge in [0.2, 0.25) is 0 Å². The van der Waals surface area contributed by atoms with Gasteiger partial charge in [0.25, 0.3) is 0 Å². The van der Waals surface area contributed by atoms with Gasteiger partial charge < -0.3 is 10.3 Å². The van der Waals surface area contributed by atoms with E-state index < -0.39 is 0 Å². The van der Waals surface area contributed by atoms with Crippen molar-refractivity contribution in [1.29, 1.82) is 0 Å². The van der Waals surface area contributed by atoms with Gasteiger partial charge in [-0.15, -0.1) is 10.2 Å². The number of unbranched alkanes of at least 4 members (excludes halogenated alkanes) is 1. The van der Waals surface area contributed by atoms with Crippen LogP contribution in [0.5, 0.6) is 0 Å².